The second kappa shape index (κ2) is 5.46. The van der Waals surface area contributed by atoms with Crippen molar-refractivity contribution in [1.82, 2.24) is 10.3 Å². The molecule has 1 aliphatic rings. The lowest BCUT2D eigenvalue weighted by Crippen LogP contribution is -2.41. The summed E-state index contributed by atoms with van der Waals surface area (Å²) >= 11 is 1.74. The number of hydrogen-bond donors (Lipinski definition) is 2. The van der Waals surface area contributed by atoms with Gasteiger partial charge in [0.1, 0.15) is 0 Å². The van der Waals surface area contributed by atoms with Crippen LogP contribution >= 0.6 is 11.3 Å². The van der Waals surface area contributed by atoms with Gasteiger partial charge in [-0.05, 0) is 19.3 Å². The molecule has 0 radical (unpaired) electrons. The van der Waals surface area contributed by atoms with Crippen LogP contribution in [0.2, 0.25) is 0 Å². The van der Waals surface area contributed by atoms with Crippen molar-refractivity contribution in [3.8, 4) is 0 Å². The van der Waals surface area contributed by atoms with E-state index in [1.807, 2.05) is 0 Å². The number of hydrogen-bond acceptors (Lipinski definition) is 4. The maximum Gasteiger partial charge on any atom is 0.0926 e. The molecule has 1 aromatic rings. The molecule has 1 aliphatic carbocycles. The van der Waals surface area contributed by atoms with E-state index in [9.17, 15) is 5.11 Å². The zero-order chi connectivity index (χ0) is 12.3. The highest BCUT2D eigenvalue weighted by atomic mass is 32.1. The van der Waals surface area contributed by atoms with Gasteiger partial charge in [-0.15, -0.1) is 11.3 Å². The lowest BCUT2D eigenvalue weighted by atomic mass is 9.86. The van der Waals surface area contributed by atoms with Gasteiger partial charge < -0.3 is 10.4 Å². The average Bonchev–Trinajstić information content (AvgIpc) is 2.94. The Morgan fingerprint density at radius 2 is 2.47 bits per heavy atom. The smallest absolute Gasteiger partial charge is 0.0926 e. The second-order valence-corrected chi connectivity index (χ2v) is 6.17. The largest absolute Gasteiger partial charge is 0.396 e. The number of nitrogens with one attached hydrogen (secondary N) is 1. The molecule has 2 rings (SSSR count). The first-order valence-corrected chi connectivity index (χ1v) is 7.33. The first-order valence-electron chi connectivity index (χ1n) is 6.45. The summed E-state index contributed by atoms with van der Waals surface area (Å²) in [6.45, 7) is 5.42. The summed E-state index contributed by atoms with van der Waals surface area (Å²) < 4.78 is 0. The van der Waals surface area contributed by atoms with Crippen molar-refractivity contribution in [2.45, 2.75) is 52.1 Å². The molecule has 1 saturated carbocycles. The van der Waals surface area contributed by atoms with E-state index in [2.05, 4.69) is 29.5 Å². The van der Waals surface area contributed by atoms with Gasteiger partial charge in [-0.1, -0.05) is 20.3 Å². The Bertz CT molecular complexity index is 366. The summed E-state index contributed by atoms with van der Waals surface area (Å²) in [5.41, 5.74) is 1.20. The lowest BCUT2D eigenvalue weighted by molar-refractivity contribution is 0.118. The molecule has 0 spiro atoms. The first kappa shape index (κ1) is 13.0. The molecular formula is C13H22N2OS. The number of aliphatic hydroxyl groups is 1. The fourth-order valence-corrected chi connectivity index (χ4v) is 3.34. The van der Waals surface area contributed by atoms with E-state index in [1.54, 1.807) is 11.3 Å². The molecule has 2 N–H and O–H groups in total. The van der Waals surface area contributed by atoms with Crippen molar-refractivity contribution in [2.75, 3.05) is 6.61 Å². The van der Waals surface area contributed by atoms with Crippen molar-refractivity contribution in [3.63, 3.8) is 0 Å². The van der Waals surface area contributed by atoms with Crippen LogP contribution < -0.4 is 5.32 Å². The topological polar surface area (TPSA) is 45.2 Å². The van der Waals surface area contributed by atoms with Crippen LogP contribution in [0, 0.1) is 5.41 Å². The fraction of sp³-hybridized carbons (Fsp3) is 0.769. The zero-order valence-electron chi connectivity index (χ0n) is 10.7. The Kier molecular flexibility index (Phi) is 4.17. The zero-order valence-corrected chi connectivity index (χ0v) is 11.5. The van der Waals surface area contributed by atoms with Gasteiger partial charge >= 0.3 is 0 Å². The molecule has 0 amide bonds. The number of nitrogens with zero attached hydrogens (tertiary/aromatic N) is 1. The van der Waals surface area contributed by atoms with Crippen LogP contribution in [0.3, 0.4) is 0 Å². The molecule has 1 fully saturated rings. The minimum Gasteiger partial charge on any atom is -0.396 e. The van der Waals surface area contributed by atoms with Gasteiger partial charge in [0.05, 0.1) is 10.7 Å². The maximum absolute atomic E-state index is 9.48. The third kappa shape index (κ3) is 2.87. The standard InChI is InChI=1S/C13H22N2OS/c1-3-12-15-10(8-17-12)7-14-11-5-4-6-13(11,2)9-16/h8,11,14,16H,3-7,9H2,1-2H3. The highest BCUT2D eigenvalue weighted by Gasteiger charge is 2.37. The molecule has 0 aromatic carbocycles. The van der Waals surface area contributed by atoms with Gasteiger partial charge in [0.25, 0.3) is 0 Å². The van der Waals surface area contributed by atoms with Gasteiger partial charge in [0.2, 0.25) is 0 Å². The number of aromatic nitrogens is 1. The van der Waals surface area contributed by atoms with Crippen LogP contribution in [0.1, 0.15) is 43.8 Å². The quantitative estimate of drug-likeness (QED) is 0.848. The minimum atomic E-state index is 0.0591. The predicted molar refractivity (Wildman–Crippen MR) is 71.2 cm³/mol. The van der Waals surface area contributed by atoms with Crippen LogP contribution in [0.5, 0.6) is 0 Å². The predicted octanol–water partition coefficient (Wildman–Crippen LogP) is 2.35. The van der Waals surface area contributed by atoms with Crippen molar-refractivity contribution in [2.24, 2.45) is 5.41 Å². The summed E-state index contributed by atoms with van der Waals surface area (Å²) in [4.78, 5) is 4.56. The average molecular weight is 254 g/mol. The van der Waals surface area contributed by atoms with E-state index in [1.165, 1.54) is 17.8 Å². The number of aliphatic hydroxyl groups excluding tert-OH is 1. The Morgan fingerprint density at radius 3 is 3.12 bits per heavy atom. The molecule has 3 nitrogen and oxygen atoms in total. The van der Waals surface area contributed by atoms with Crippen LogP contribution in [0.15, 0.2) is 5.38 Å². The molecule has 1 heterocycles. The molecule has 17 heavy (non-hydrogen) atoms. The van der Waals surface area contributed by atoms with Gasteiger partial charge in [-0.3, -0.25) is 0 Å². The molecule has 1 aromatic heterocycles. The van der Waals surface area contributed by atoms with Gasteiger partial charge in [-0.25, -0.2) is 4.98 Å². The summed E-state index contributed by atoms with van der Waals surface area (Å²) in [5, 5.41) is 16.4. The monoisotopic (exact) mass is 254 g/mol. The van der Waals surface area contributed by atoms with Crippen LogP contribution in [0.4, 0.5) is 0 Å². The molecular weight excluding hydrogens is 232 g/mol. The Balaban J connectivity index is 1.89. The summed E-state index contributed by atoms with van der Waals surface area (Å²) in [7, 11) is 0. The van der Waals surface area contributed by atoms with Crippen molar-refractivity contribution >= 4 is 11.3 Å². The highest BCUT2D eigenvalue weighted by Crippen LogP contribution is 2.37. The van der Waals surface area contributed by atoms with Crippen molar-refractivity contribution in [3.05, 3.63) is 16.1 Å². The van der Waals surface area contributed by atoms with E-state index in [0.29, 0.717) is 6.04 Å². The van der Waals surface area contributed by atoms with E-state index < -0.39 is 0 Å². The van der Waals surface area contributed by atoms with Gasteiger partial charge in [0.15, 0.2) is 0 Å². The Hall–Kier alpha value is -0.450. The van der Waals surface area contributed by atoms with Crippen LogP contribution in [-0.2, 0) is 13.0 Å². The summed E-state index contributed by atoms with van der Waals surface area (Å²) in [5.74, 6) is 0. The second-order valence-electron chi connectivity index (χ2n) is 5.22. The molecule has 2 atom stereocenters. The third-order valence-corrected chi connectivity index (χ3v) is 4.92. The van der Waals surface area contributed by atoms with E-state index in [0.717, 1.165) is 25.1 Å². The molecule has 4 heteroatoms. The molecule has 0 aliphatic heterocycles. The van der Waals surface area contributed by atoms with E-state index >= 15 is 0 Å². The Labute approximate surface area is 107 Å². The fourth-order valence-electron chi connectivity index (χ4n) is 2.59. The number of thiazole rings is 1. The molecule has 0 bridgehead atoms. The van der Waals surface area contributed by atoms with E-state index in [-0.39, 0.29) is 12.0 Å². The lowest BCUT2D eigenvalue weighted by Gasteiger charge is -2.30. The third-order valence-electron chi connectivity index (χ3n) is 3.87. The normalized spacial score (nSPS) is 28.8. The minimum absolute atomic E-state index is 0.0591. The number of rotatable bonds is 5. The molecule has 96 valence electrons. The Morgan fingerprint density at radius 1 is 1.65 bits per heavy atom. The summed E-state index contributed by atoms with van der Waals surface area (Å²) in [6, 6.07) is 0.430. The highest BCUT2D eigenvalue weighted by molar-refractivity contribution is 7.09. The maximum atomic E-state index is 9.48. The molecule has 0 saturated heterocycles. The van der Waals surface area contributed by atoms with Crippen molar-refractivity contribution < 1.29 is 5.11 Å². The van der Waals surface area contributed by atoms with Gasteiger partial charge in [0, 0.05) is 30.0 Å². The summed E-state index contributed by atoms with van der Waals surface area (Å²) in [6.07, 6.45) is 4.52. The first-order chi connectivity index (χ1) is 8.18. The van der Waals surface area contributed by atoms with Gasteiger partial charge in [-0.2, -0.15) is 0 Å². The van der Waals surface area contributed by atoms with E-state index in [4.69, 9.17) is 0 Å². The molecule has 2 unspecified atom stereocenters. The van der Waals surface area contributed by atoms with Crippen LogP contribution in [0.25, 0.3) is 0 Å². The van der Waals surface area contributed by atoms with Crippen LogP contribution in [-0.4, -0.2) is 22.7 Å². The van der Waals surface area contributed by atoms with Crippen molar-refractivity contribution in [1.29, 1.82) is 0 Å². The SMILES string of the molecule is CCc1nc(CNC2CCCC2(C)CO)cs1. The number of aryl methyl sites for hydroxylation is 1.